The molecular weight excluding hydrogens is 133 g/mol. The van der Waals surface area contributed by atoms with Crippen LogP contribution in [-0.2, 0) is 9.59 Å². The molecule has 4 nitrogen and oxygen atoms in total. The van der Waals surface area contributed by atoms with E-state index in [9.17, 15) is 9.59 Å². The highest BCUT2D eigenvalue weighted by Gasteiger charge is 2.03. The van der Waals surface area contributed by atoms with Crippen molar-refractivity contribution in [2.24, 2.45) is 0 Å². The van der Waals surface area contributed by atoms with Crippen LogP contribution < -0.4 is 5.73 Å². The van der Waals surface area contributed by atoms with E-state index in [2.05, 4.69) is 5.73 Å². The summed E-state index contributed by atoms with van der Waals surface area (Å²) in [5.41, 5.74) is 3.32. The number of quaternary nitrogens is 1. The van der Waals surface area contributed by atoms with Gasteiger partial charge < -0.3 is 10.8 Å². The zero-order valence-electron chi connectivity index (χ0n) is 5.09. The summed E-state index contributed by atoms with van der Waals surface area (Å²) >= 11 is 0. The fourth-order valence-corrected chi connectivity index (χ4v) is 0.371. The molecule has 0 unspecified atom stereocenters. The van der Waals surface area contributed by atoms with Crippen LogP contribution in [0.5, 0.6) is 0 Å². The number of ketones is 1. The van der Waals surface area contributed by atoms with Gasteiger partial charge in [0, 0.05) is 6.42 Å². The summed E-state index contributed by atoms with van der Waals surface area (Å²) < 4.78 is 0. The smallest absolute Gasteiger partial charge is 0.303 e. The van der Waals surface area contributed by atoms with Crippen molar-refractivity contribution in [2.45, 2.75) is 12.8 Å². The molecule has 0 fully saturated rings. The van der Waals surface area contributed by atoms with Gasteiger partial charge in [0.05, 0.1) is 6.42 Å². The van der Waals surface area contributed by atoms with Crippen LogP contribution in [0, 0.1) is 0 Å². The maximum absolute atomic E-state index is 10.4. The molecule has 0 aliphatic rings. The Balaban J connectivity index is 0. The molecule has 0 aliphatic carbocycles. The number of hydrogen-bond acceptors (Lipinski definition) is 2. The molecule has 0 radical (unpaired) electrons. The Morgan fingerprint density at radius 2 is 1.80 bits per heavy atom. The molecule has 0 spiro atoms. The highest BCUT2D eigenvalue weighted by Crippen LogP contribution is 1.87. The summed E-state index contributed by atoms with van der Waals surface area (Å²) in [6.07, 6.45) is 0.0349. The van der Waals surface area contributed by atoms with Crippen LogP contribution in [0.1, 0.15) is 12.8 Å². The number of rotatable bonds is 4. The van der Waals surface area contributed by atoms with Gasteiger partial charge in [-0.05, 0) is 0 Å². The van der Waals surface area contributed by atoms with Gasteiger partial charge in [0.1, 0.15) is 6.54 Å². The van der Waals surface area contributed by atoms with Crippen LogP contribution in [0.15, 0.2) is 0 Å². The second-order valence-electron chi connectivity index (χ2n) is 1.68. The van der Waals surface area contributed by atoms with E-state index in [0.717, 1.165) is 0 Å². The number of carboxylic acids is 1. The molecule has 0 bridgehead atoms. The van der Waals surface area contributed by atoms with E-state index < -0.39 is 5.97 Å². The third-order valence-electron chi connectivity index (χ3n) is 0.897. The minimum Gasteiger partial charge on any atom is -0.481 e. The molecule has 4 N–H and O–H groups in total. The normalized spacial score (nSPS) is 8.10. The van der Waals surface area contributed by atoms with Crippen LogP contribution in [0.3, 0.4) is 0 Å². The van der Waals surface area contributed by atoms with E-state index in [-0.39, 0.29) is 33.6 Å². The minimum atomic E-state index is -0.934. The van der Waals surface area contributed by atoms with Crippen LogP contribution >= 0.6 is 0 Å². The Labute approximate surface area is 61.0 Å². The Kier molecular flexibility index (Phi) is 7.48. The van der Waals surface area contributed by atoms with E-state index in [4.69, 9.17) is 5.11 Å². The number of carbonyl (C=O) groups excluding carboxylic acids is 1. The average molecular weight is 147 g/mol. The van der Waals surface area contributed by atoms with Crippen molar-refractivity contribution >= 4 is 20.2 Å². The highest BCUT2D eigenvalue weighted by molar-refractivity contribution is 5.82. The molecule has 0 aromatic carbocycles. The molecule has 0 saturated heterocycles. The summed E-state index contributed by atoms with van der Waals surface area (Å²) in [5, 5.41) is 8.09. The van der Waals surface area contributed by atoms with Crippen molar-refractivity contribution in [1.29, 1.82) is 0 Å². The Bertz CT molecular complexity index is 126. The number of Topliss-reactive ketones (excluding diaryl/α,β-unsaturated/α-hetero) is 1. The molecule has 0 aliphatic heterocycles. The lowest BCUT2D eigenvalue weighted by Gasteiger charge is -1.88. The van der Waals surface area contributed by atoms with Gasteiger partial charge in [0.15, 0.2) is 5.78 Å². The third kappa shape index (κ3) is 7.16. The Morgan fingerprint density at radius 1 is 1.30 bits per heavy atom. The topological polar surface area (TPSA) is 82.0 Å². The zero-order valence-corrected chi connectivity index (χ0v) is 5.09. The summed E-state index contributed by atoms with van der Waals surface area (Å²) in [5.74, 6) is -1.03. The Hall–Kier alpha value is -0.835. The van der Waals surface area contributed by atoms with Gasteiger partial charge in [-0.2, -0.15) is 0 Å². The highest BCUT2D eigenvalue weighted by atomic mass is 16.4. The van der Waals surface area contributed by atoms with Crippen molar-refractivity contribution in [3.63, 3.8) is 0 Å². The lowest BCUT2D eigenvalue weighted by atomic mass is 10.2. The number of carbonyl (C=O) groups is 2. The number of carboxylic acid groups (broad SMARTS) is 1. The van der Waals surface area contributed by atoms with Gasteiger partial charge in [-0.3, -0.25) is 9.59 Å². The Morgan fingerprint density at radius 3 is 2.10 bits per heavy atom. The predicted octanol–water partition coefficient (Wildman–Crippen LogP) is -2.79. The molecule has 0 aromatic rings. The van der Waals surface area contributed by atoms with Crippen LogP contribution in [0.4, 0.5) is 0 Å². The molecule has 0 rings (SSSR count). The molecule has 5 heteroatoms. The van der Waals surface area contributed by atoms with Crippen molar-refractivity contribution in [1.82, 2.24) is 0 Å². The van der Waals surface area contributed by atoms with E-state index in [1.807, 2.05) is 0 Å². The molecule has 0 saturated carbocycles. The second-order valence-corrected chi connectivity index (χ2v) is 1.68. The molecule has 60 valence electrons. The first-order valence-corrected chi connectivity index (χ1v) is 2.69. The first-order valence-electron chi connectivity index (χ1n) is 2.69. The van der Waals surface area contributed by atoms with Crippen molar-refractivity contribution in [2.75, 3.05) is 6.54 Å². The van der Waals surface area contributed by atoms with Gasteiger partial charge in [-0.25, -0.2) is 0 Å². The standard InChI is InChI=1S/C5H9NO3.BH4/c6-3-4(7)1-2-5(8)9;/h1-3,6H2,(H,8,9);1H4/q;-1/p+1. The molecule has 0 aromatic heterocycles. The van der Waals surface area contributed by atoms with Crippen molar-refractivity contribution in [3.8, 4) is 0 Å². The first-order chi connectivity index (χ1) is 4.16. The van der Waals surface area contributed by atoms with E-state index in [1.54, 1.807) is 0 Å². The zero-order chi connectivity index (χ0) is 7.28. The summed E-state index contributed by atoms with van der Waals surface area (Å²) in [7, 11) is 0. The fourth-order valence-electron chi connectivity index (χ4n) is 0.371. The summed E-state index contributed by atoms with van der Waals surface area (Å²) in [6.45, 7) is 0.188. The minimum absolute atomic E-state index is 0. The quantitative estimate of drug-likeness (QED) is 0.421. The van der Waals surface area contributed by atoms with Crippen molar-refractivity contribution in [3.05, 3.63) is 0 Å². The van der Waals surface area contributed by atoms with Crippen LogP contribution in [0.2, 0.25) is 0 Å². The predicted molar refractivity (Wildman–Crippen MR) is 41.0 cm³/mol. The van der Waals surface area contributed by atoms with E-state index in [0.29, 0.717) is 0 Å². The van der Waals surface area contributed by atoms with Gasteiger partial charge in [0.2, 0.25) is 0 Å². The third-order valence-corrected chi connectivity index (χ3v) is 0.897. The molecule has 0 atom stereocenters. The fraction of sp³-hybridized carbons (Fsp3) is 0.600. The maximum atomic E-state index is 10.4. The van der Waals surface area contributed by atoms with Crippen LogP contribution in [-0.4, -0.2) is 31.8 Å². The SMILES string of the molecule is [BH4-].[NH3+]CC(=O)CCC(=O)O. The molecule has 0 heterocycles. The maximum Gasteiger partial charge on any atom is 0.303 e. The second kappa shape index (κ2) is 6.29. The average Bonchev–Trinajstić information content (AvgIpc) is 1.83. The summed E-state index contributed by atoms with van der Waals surface area (Å²) in [4.78, 5) is 20.2. The molecular formula is C5H14BNO3. The lowest BCUT2D eigenvalue weighted by Crippen LogP contribution is -2.54. The van der Waals surface area contributed by atoms with Gasteiger partial charge >= 0.3 is 5.97 Å². The molecule has 10 heavy (non-hydrogen) atoms. The van der Waals surface area contributed by atoms with Gasteiger partial charge in [-0.15, -0.1) is 0 Å². The number of aliphatic carboxylic acids is 1. The molecule has 0 amide bonds. The van der Waals surface area contributed by atoms with E-state index >= 15 is 0 Å². The van der Waals surface area contributed by atoms with Gasteiger partial charge in [0.25, 0.3) is 0 Å². The van der Waals surface area contributed by atoms with Crippen molar-refractivity contribution < 1.29 is 20.4 Å². The monoisotopic (exact) mass is 147 g/mol. The summed E-state index contributed by atoms with van der Waals surface area (Å²) in [6, 6.07) is 0. The van der Waals surface area contributed by atoms with E-state index in [1.165, 1.54) is 0 Å². The largest absolute Gasteiger partial charge is 0.481 e. The number of hydrogen-bond donors (Lipinski definition) is 2. The van der Waals surface area contributed by atoms with Gasteiger partial charge in [-0.1, -0.05) is 8.41 Å². The first kappa shape index (κ1) is 11.9. The van der Waals surface area contributed by atoms with Crippen LogP contribution in [0.25, 0.3) is 0 Å². The lowest BCUT2D eigenvalue weighted by molar-refractivity contribution is -0.354.